The van der Waals surface area contributed by atoms with Crippen molar-refractivity contribution in [2.45, 2.75) is 51.7 Å². The summed E-state index contributed by atoms with van der Waals surface area (Å²) in [5.41, 5.74) is 1.27. The molecule has 5 heteroatoms. The van der Waals surface area contributed by atoms with Crippen LogP contribution in [0.25, 0.3) is 0 Å². The summed E-state index contributed by atoms with van der Waals surface area (Å²) in [6.07, 6.45) is 5.26. The van der Waals surface area contributed by atoms with Gasteiger partial charge in [-0.3, -0.25) is 4.79 Å². The lowest BCUT2D eigenvalue weighted by Gasteiger charge is -2.27. The van der Waals surface area contributed by atoms with E-state index in [0.717, 1.165) is 13.0 Å². The van der Waals surface area contributed by atoms with Crippen LogP contribution in [0, 0.1) is 0 Å². The van der Waals surface area contributed by atoms with Crippen molar-refractivity contribution in [1.82, 2.24) is 20.2 Å². The van der Waals surface area contributed by atoms with Gasteiger partial charge in [0.15, 0.2) is 0 Å². The second-order valence-corrected chi connectivity index (χ2v) is 5.89. The van der Waals surface area contributed by atoms with Gasteiger partial charge in [0.1, 0.15) is 0 Å². The molecule has 2 rings (SSSR count). The highest BCUT2D eigenvalue weighted by Crippen LogP contribution is 2.19. The molecule has 1 atom stereocenters. The number of hydrogen-bond acceptors (Lipinski definition) is 3. The van der Waals surface area contributed by atoms with Crippen molar-refractivity contribution < 1.29 is 4.79 Å². The van der Waals surface area contributed by atoms with Crippen molar-refractivity contribution in [3.05, 3.63) is 18.2 Å². The number of aromatic nitrogens is 2. The van der Waals surface area contributed by atoms with Gasteiger partial charge in [0.2, 0.25) is 5.91 Å². The Balaban J connectivity index is 2.01. The molecule has 1 saturated heterocycles. The summed E-state index contributed by atoms with van der Waals surface area (Å²) in [5.74, 6) is 0.153. The maximum absolute atomic E-state index is 11.2. The predicted octanol–water partition coefficient (Wildman–Crippen LogP) is 1.22. The Bertz CT molecular complexity index is 409. The quantitative estimate of drug-likeness (QED) is 0.848. The number of carbonyl (C=O) groups excluding carboxylic acids is 1. The van der Waals surface area contributed by atoms with Crippen LogP contribution in [0.5, 0.6) is 0 Å². The number of amides is 1. The Morgan fingerprint density at radius 1 is 1.56 bits per heavy atom. The van der Waals surface area contributed by atoms with E-state index < -0.39 is 0 Å². The number of nitrogens with zero attached hydrogens (tertiary/aromatic N) is 2. The molecule has 0 aliphatic carbocycles. The second-order valence-electron chi connectivity index (χ2n) is 5.89. The number of piperidine rings is 1. The van der Waals surface area contributed by atoms with Crippen LogP contribution >= 0.6 is 0 Å². The molecule has 1 fully saturated rings. The molecule has 1 aromatic heterocycles. The van der Waals surface area contributed by atoms with E-state index in [0.29, 0.717) is 19.0 Å². The van der Waals surface area contributed by atoms with Gasteiger partial charge >= 0.3 is 0 Å². The number of imidazole rings is 1. The Hall–Kier alpha value is -1.36. The van der Waals surface area contributed by atoms with Crippen LogP contribution in [0.2, 0.25) is 0 Å². The maximum atomic E-state index is 11.2. The van der Waals surface area contributed by atoms with Crippen molar-refractivity contribution in [3.63, 3.8) is 0 Å². The van der Waals surface area contributed by atoms with E-state index in [2.05, 4.69) is 41.0 Å². The Labute approximate surface area is 108 Å². The lowest BCUT2D eigenvalue weighted by molar-refractivity contribution is -0.122. The van der Waals surface area contributed by atoms with Crippen LogP contribution in [0.3, 0.4) is 0 Å². The molecule has 0 aromatic carbocycles. The van der Waals surface area contributed by atoms with E-state index in [1.54, 1.807) is 0 Å². The summed E-state index contributed by atoms with van der Waals surface area (Å²) >= 11 is 0. The van der Waals surface area contributed by atoms with Gasteiger partial charge in [-0.25, -0.2) is 4.98 Å². The minimum absolute atomic E-state index is 0.0931. The normalized spacial score (nSPS) is 20.8. The largest absolute Gasteiger partial charge is 0.354 e. The molecule has 18 heavy (non-hydrogen) atoms. The van der Waals surface area contributed by atoms with E-state index in [1.807, 2.05) is 12.5 Å². The van der Waals surface area contributed by atoms with Crippen LogP contribution in [-0.2, 0) is 11.3 Å². The molecule has 1 amide bonds. The van der Waals surface area contributed by atoms with E-state index in [-0.39, 0.29) is 11.4 Å². The molecule has 0 spiro atoms. The van der Waals surface area contributed by atoms with Crippen molar-refractivity contribution in [2.75, 3.05) is 6.54 Å². The summed E-state index contributed by atoms with van der Waals surface area (Å²) in [6, 6.07) is 0.335. The van der Waals surface area contributed by atoms with Crippen molar-refractivity contribution in [3.8, 4) is 0 Å². The molecule has 100 valence electrons. The molecule has 1 aromatic rings. The molecule has 5 nitrogen and oxygen atoms in total. The fourth-order valence-electron chi connectivity index (χ4n) is 2.11. The smallest absolute Gasteiger partial charge is 0.220 e. The van der Waals surface area contributed by atoms with Crippen LogP contribution in [-0.4, -0.2) is 27.5 Å². The average molecular weight is 250 g/mol. The fraction of sp³-hybridized carbons (Fsp3) is 0.692. The lowest BCUT2D eigenvalue weighted by atomic mass is 10.1. The zero-order chi connectivity index (χ0) is 13.2. The first-order chi connectivity index (χ1) is 8.46. The number of carbonyl (C=O) groups is 1. The maximum Gasteiger partial charge on any atom is 0.220 e. The van der Waals surface area contributed by atoms with E-state index in [1.165, 1.54) is 5.69 Å². The highest BCUT2D eigenvalue weighted by Gasteiger charge is 2.21. The standard InChI is InChI=1S/C13H22N4O/c1-13(2,3)16-8-11-6-14-9-17(11)10-4-5-12(18)15-7-10/h6,9-10,16H,4-5,7-8H2,1-3H3,(H,15,18). The zero-order valence-corrected chi connectivity index (χ0v) is 11.4. The number of nitrogens with one attached hydrogen (secondary N) is 2. The first kappa shape index (κ1) is 13.1. The first-order valence-electron chi connectivity index (χ1n) is 6.48. The third-order valence-corrected chi connectivity index (χ3v) is 3.18. The molecule has 2 N–H and O–H groups in total. The van der Waals surface area contributed by atoms with Crippen LogP contribution in [0.15, 0.2) is 12.5 Å². The van der Waals surface area contributed by atoms with Gasteiger partial charge in [-0.05, 0) is 27.2 Å². The highest BCUT2D eigenvalue weighted by atomic mass is 16.1. The fourth-order valence-corrected chi connectivity index (χ4v) is 2.11. The molecule has 1 unspecified atom stereocenters. The highest BCUT2D eigenvalue weighted by molar-refractivity contribution is 5.76. The Kier molecular flexibility index (Phi) is 3.71. The van der Waals surface area contributed by atoms with Gasteiger partial charge in [-0.2, -0.15) is 0 Å². The summed E-state index contributed by atoms with van der Waals surface area (Å²) in [4.78, 5) is 15.4. The third-order valence-electron chi connectivity index (χ3n) is 3.18. The van der Waals surface area contributed by atoms with Gasteiger partial charge in [-0.1, -0.05) is 0 Å². The predicted molar refractivity (Wildman–Crippen MR) is 70.1 cm³/mol. The van der Waals surface area contributed by atoms with E-state index in [4.69, 9.17) is 0 Å². The first-order valence-corrected chi connectivity index (χ1v) is 6.48. The van der Waals surface area contributed by atoms with Crippen molar-refractivity contribution in [2.24, 2.45) is 0 Å². The number of rotatable bonds is 3. The van der Waals surface area contributed by atoms with Crippen molar-refractivity contribution >= 4 is 5.91 Å². The van der Waals surface area contributed by atoms with Gasteiger partial charge in [-0.15, -0.1) is 0 Å². The topological polar surface area (TPSA) is 59.0 Å². The van der Waals surface area contributed by atoms with Gasteiger partial charge in [0.05, 0.1) is 18.1 Å². The summed E-state index contributed by atoms with van der Waals surface area (Å²) in [7, 11) is 0. The lowest BCUT2D eigenvalue weighted by Crippen LogP contribution is -2.38. The Morgan fingerprint density at radius 2 is 2.33 bits per heavy atom. The zero-order valence-electron chi connectivity index (χ0n) is 11.4. The summed E-state index contributed by atoms with van der Waals surface area (Å²) in [5, 5.41) is 6.38. The molecule has 1 aliphatic heterocycles. The summed E-state index contributed by atoms with van der Waals surface area (Å²) in [6.45, 7) is 7.95. The van der Waals surface area contributed by atoms with Gasteiger partial charge < -0.3 is 15.2 Å². The second kappa shape index (κ2) is 5.10. The van der Waals surface area contributed by atoms with Crippen molar-refractivity contribution in [1.29, 1.82) is 0 Å². The van der Waals surface area contributed by atoms with E-state index in [9.17, 15) is 4.79 Å². The molecule has 2 heterocycles. The average Bonchev–Trinajstić information content (AvgIpc) is 2.75. The SMILES string of the molecule is CC(C)(C)NCc1cncn1C1CCC(=O)NC1. The molecule has 0 saturated carbocycles. The number of hydrogen-bond donors (Lipinski definition) is 2. The van der Waals surface area contributed by atoms with Gasteiger partial charge in [0, 0.05) is 31.2 Å². The minimum atomic E-state index is 0.0931. The summed E-state index contributed by atoms with van der Waals surface area (Å²) < 4.78 is 2.18. The third kappa shape index (κ3) is 3.32. The van der Waals surface area contributed by atoms with Crippen LogP contribution in [0.1, 0.15) is 45.3 Å². The van der Waals surface area contributed by atoms with Crippen LogP contribution < -0.4 is 10.6 Å². The molecule has 0 bridgehead atoms. The monoisotopic (exact) mass is 250 g/mol. The van der Waals surface area contributed by atoms with Gasteiger partial charge in [0.25, 0.3) is 0 Å². The van der Waals surface area contributed by atoms with Crippen LogP contribution in [0.4, 0.5) is 0 Å². The minimum Gasteiger partial charge on any atom is -0.354 e. The molecule has 1 aliphatic rings. The Morgan fingerprint density at radius 3 is 2.94 bits per heavy atom. The molecular weight excluding hydrogens is 228 g/mol. The van der Waals surface area contributed by atoms with E-state index >= 15 is 0 Å². The molecule has 0 radical (unpaired) electrons. The molecular formula is C13H22N4O.